The zero-order valence-corrected chi connectivity index (χ0v) is 18.9. The Morgan fingerprint density at radius 3 is 2.50 bits per heavy atom. The number of aromatic amines is 1. The quantitative estimate of drug-likeness (QED) is 0.389. The van der Waals surface area contributed by atoms with Crippen molar-refractivity contribution in [3.63, 3.8) is 0 Å². The first-order chi connectivity index (χ1) is 15.7. The van der Waals surface area contributed by atoms with Gasteiger partial charge in [-0.25, -0.2) is 4.98 Å². The highest BCUT2D eigenvalue weighted by Gasteiger charge is 2.21. The zero-order chi connectivity index (χ0) is 21.9. The number of hydrogen-bond donors (Lipinski definition) is 3. The molecule has 166 valence electrons. The summed E-state index contributed by atoms with van der Waals surface area (Å²) >= 11 is 0. The molecule has 0 spiro atoms. The van der Waals surface area contributed by atoms with E-state index in [1.807, 2.05) is 26.2 Å². The minimum atomic E-state index is 0.595. The number of nitrogens with zero attached hydrogens (tertiary/aromatic N) is 3. The third-order valence-electron chi connectivity index (χ3n) is 6.66. The van der Waals surface area contributed by atoms with Crippen LogP contribution in [0.2, 0.25) is 0 Å². The van der Waals surface area contributed by atoms with E-state index in [-0.39, 0.29) is 0 Å². The third-order valence-corrected chi connectivity index (χ3v) is 6.66. The number of benzene rings is 2. The van der Waals surface area contributed by atoms with Crippen molar-refractivity contribution in [3.05, 3.63) is 60.3 Å². The number of nitrogens with one attached hydrogen (secondary N) is 3. The van der Waals surface area contributed by atoms with Crippen molar-refractivity contribution in [1.82, 2.24) is 20.3 Å². The van der Waals surface area contributed by atoms with E-state index in [9.17, 15) is 0 Å². The first kappa shape index (κ1) is 20.8. The van der Waals surface area contributed by atoms with Gasteiger partial charge in [0.1, 0.15) is 5.82 Å². The lowest BCUT2D eigenvalue weighted by Gasteiger charge is -2.29. The first-order valence-electron chi connectivity index (χ1n) is 11.6. The number of H-pyrrole nitrogens is 1. The maximum atomic E-state index is 4.77. The van der Waals surface area contributed by atoms with Gasteiger partial charge in [-0.05, 0) is 55.4 Å². The fourth-order valence-corrected chi connectivity index (χ4v) is 4.82. The van der Waals surface area contributed by atoms with Gasteiger partial charge in [0.05, 0.1) is 5.52 Å². The van der Waals surface area contributed by atoms with Gasteiger partial charge in [-0.2, -0.15) is 4.98 Å². The van der Waals surface area contributed by atoms with E-state index in [4.69, 9.17) is 9.97 Å². The number of rotatable bonds is 7. The molecule has 6 nitrogen and oxygen atoms in total. The Morgan fingerprint density at radius 1 is 0.938 bits per heavy atom. The van der Waals surface area contributed by atoms with Crippen LogP contribution < -0.4 is 15.5 Å². The van der Waals surface area contributed by atoms with Crippen LogP contribution in [-0.2, 0) is 6.54 Å². The molecule has 0 bridgehead atoms. The summed E-state index contributed by atoms with van der Waals surface area (Å²) in [6.07, 6.45) is 7.03. The molecule has 0 atom stereocenters. The van der Waals surface area contributed by atoms with Gasteiger partial charge in [-0.15, -0.1) is 0 Å². The highest BCUT2D eigenvalue weighted by molar-refractivity contribution is 5.90. The zero-order valence-electron chi connectivity index (χ0n) is 18.9. The van der Waals surface area contributed by atoms with E-state index in [2.05, 4.69) is 63.1 Å². The molecule has 3 N–H and O–H groups in total. The monoisotopic (exact) mass is 428 g/mol. The lowest BCUT2D eigenvalue weighted by Crippen LogP contribution is -2.34. The molecule has 2 aromatic carbocycles. The van der Waals surface area contributed by atoms with E-state index < -0.39 is 0 Å². The predicted octanol–water partition coefficient (Wildman–Crippen LogP) is 4.94. The molecule has 0 unspecified atom stereocenters. The molecular formula is C26H32N6. The average Bonchev–Trinajstić information content (AvgIpc) is 3.24. The van der Waals surface area contributed by atoms with Crippen LogP contribution in [0.15, 0.2) is 54.7 Å². The normalized spacial score (nSPS) is 18.8. The molecule has 4 aromatic rings. The Balaban J connectivity index is 1.14. The smallest absolute Gasteiger partial charge is 0.225 e. The van der Waals surface area contributed by atoms with Crippen LogP contribution in [0.1, 0.15) is 31.2 Å². The second-order valence-electron chi connectivity index (χ2n) is 9.12. The number of anilines is 2. The van der Waals surface area contributed by atoms with Crippen LogP contribution in [0.5, 0.6) is 0 Å². The predicted molar refractivity (Wildman–Crippen MR) is 133 cm³/mol. The maximum absolute atomic E-state index is 4.77. The molecule has 0 amide bonds. The van der Waals surface area contributed by atoms with Gasteiger partial charge in [0.15, 0.2) is 0 Å². The number of fused-ring (bicyclic) bond motifs is 2. The van der Waals surface area contributed by atoms with Crippen LogP contribution in [0.25, 0.3) is 21.8 Å². The third kappa shape index (κ3) is 4.41. The standard InChI is InChI=1S/C26H32N6/c1-32(2)25-22-8-4-6-10-24(22)30-26(31-25)29-15-18-11-13-20(14-12-18)27-16-19-17-28-23-9-5-3-7-21(19)23/h3-10,17-18,20,27-28H,11-16H2,1-2H3,(H,29,30,31)/t18-,20+. The maximum Gasteiger partial charge on any atom is 0.225 e. The minimum Gasteiger partial charge on any atom is -0.362 e. The van der Waals surface area contributed by atoms with Crippen LogP contribution in [0, 0.1) is 5.92 Å². The Labute approximate surface area is 189 Å². The molecule has 2 aromatic heterocycles. The summed E-state index contributed by atoms with van der Waals surface area (Å²) in [5.74, 6) is 2.36. The highest BCUT2D eigenvalue weighted by atomic mass is 15.2. The Hall–Kier alpha value is -3.12. The van der Waals surface area contributed by atoms with Crippen LogP contribution >= 0.6 is 0 Å². The fraction of sp³-hybridized carbons (Fsp3) is 0.385. The van der Waals surface area contributed by atoms with E-state index in [0.717, 1.165) is 35.8 Å². The molecule has 1 aliphatic carbocycles. The van der Waals surface area contributed by atoms with Crippen molar-refractivity contribution in [1.29, 1.82) is 0 Å². The fourth-order valence-electron chi connectivity index (χ4n) is 4.82. The van der Waals surface area contributed by atoms with Gasteiger partial charge in [0.25, 0.3) is 0 Å². The van der Waals surface area contributed by atoms with Gasteiger partial charge >= 0.3 is 0 Å². The van der Waals surface area contributed by atoms with E-state index in [1.54, 1.807) is 0 Å². The largest absolute Gasteiger partial charge is 0.362 e. The van der Waals surface area contributed by atoms with E-state index >= 15 is 0 Å². The highest BCUT2D eigenvalue weighted by Crippen LogP contribution is 2.27. The number of hydrogen-bond acceptors (Lipinski definition) is 5. The van der Waals surface area contributed by atoms with Crippen LogP contribution in [0.4, 0.5) is 11.8 Å². The lowest BCUT2D eigenvalue weighted by atomic mass is 9.86. The molecule has 1 saturated carbocycles. The topological polar surface area (TPSA) is 68.9 Å². The van der Waals surface area contributed by atoms with Gasteiger partial charge < -0.3 is 20.5 Å². The van der Waals surface area contributed by atoms with E-state index in [0.29, 0.717) is 12.0 Å². The number of para-hydroxylation sites is 2. The molecule has 2 heterocycles. The average molecular weight is 429 g/mol. The summed E-state index contributed by atoms with van der Waals surface area (Å²) in [6, 6.07) is 17.3. The Kier molecular flexibility index (Phi) is 5.95. The molecule has 0 aliphatic heterocycles. The summed E-state index contributed by atoms with van der Waals surface area (Å²) < 4.78 is 0. The van der Waals surface area contributed by atoms with Crippen molar-refractivity contribution in [3.8, 4) is 0 Å². The van der Waals surface area contributed by atoms with Crippen molar-refractivity contribution < 1.29 is 0 Å². The second-order valence-corrected chi connectivity index (χ2v) is 9.12. The first-order valence-corrected chi connectivity index (χ1v) is 11.6. The molecule has 5 rings (SSSR count). The number of aromatic nitrogens is 3. The summed E-state index contributed by atoms with van der Waals surface area (Å²) in [7, 11) is 4.06. The Bertz CT molecular complexity index is 1190. The van der Waals surface area contributed by atoms with Gasteiger partial charge in [0.2, 0.25) is 5.95 Å². The molecule has 1 fully saturated rings. The van der Waals surface area contributed by atoms with Crippen LogP contribution in [0.3, 0.4) is 0 Å². The van der Waals surface area contributed by atoms with Gasteiger partial charge in [-0.3, -0.25) is 0 Å². The Morgan fingerprint density at radius 2 is 1.69 bits per heavy atom. The van der Waals surface area contributed by atoms with Crippen molar-refractivity contribution in [2.45, 2.75) is 38.3 Å². The van der Waals surface area contributed by atoms with Crippen molar-refractivity contribution in [2.24, 2.45) is 5.92 Å². The SMILES string of the molecule is CN(C)c1nc(NC[C@H]2CC[C@@H](NCc3c[nH]c4ccccc34)CC2)nc2ccccc12. The summed E-state index contributed by atoms with van der Waals surface area (Å²) in [5.41, 5.74) is 3.56. The molecular weight excluding hydrogens is 396 g/mol. The molecule has 1 aliphatic rings. The van der Waals surface area contributed by atoms with Gasteiger partial charge in [-0.1, -0.05) is 30.3 Å². The lowest BCUT2D eigenvalue weighted by molar-refractivity contribution is 0.300. The summed E-state index contributed by atoms with van der Waals surface area (Å²) in [4.78, 5) is 14.9. The summed E-state index contributed by atoms with van der Waals surface area (Å²) in [6.45, 7) is 1.86. The summed E-state index contributed by atoms with van der Waals surface area (Å²) in [5, 5.41) is 9.71. The van der Waals surface area contributed by atoms with Gasteiger partial charge in [0, 0.05) is 55.7 Å². The van der Waals surface area contributed by atoms with E-state index in [1.165, 1.54) is 42.1 Å². The van der Waals surface area contributed by atoms with Crippen LogP contribution in [-0.4, -0.2) is 41.6 Å². The molecule has 6 heteroatoms. The van der Waals surface area contributed by atoms with Crippen molar-refractivity contribution in [2.75, 3.05) is 30.9 Å². The minimum absolute atomic E-state index is 0.595. The second kappa shape index (κ2) is 9.17. The molecule has 32 heavy (non-hydrogen) atoms. The molecule has 0 saturated heterocycles. The van der Waals surface area contributed by atoms with Crippen molar-refractivity contribution >= 4 is 33.6 Å². The molecule has 0 radical (unpaired) electrons.